The molecule has 2 N–H and O–H groups in total. The lowest BCUT2D eigenvalue weighted by atomic mass is 9.33. The van der Waals surface area contributed by atoms with Crippen LogP contribution >= 0.6 is 11.6 Å². The Kier molecular flexibility index (Phi) is 7.71. The fourth-order valence-electron chi connectivity index (χ4n) is 13.0. The van der Waals surface area contributed by atoms with Gasteiger partial charge in [-0.15, -0.1) is 0 Å². The Morgan fingerprint density at radius 2 is 1.57 bits per heavy atom. The maximum absolute atomic E-state index is 14.1. The summed E-state index contributed by atoms with van der Waals surface area (Å²) < 4.78 is 0. The minimum absolute atomic E-state index is 0.0195. The van der Waals surface area contributed by atoms with Crippen molar-refractivity contribution < 1.29 is 14.7 Å². The highest BCUT2D eigenvalue weighted by Crippen LogP contribution is 2.76. The fraction of sp³-hybridized carbons (Fsp3) is 0.714. The zero-order valence-corrected chi connectivity index (χ0v) is 30.9. The second-order valence-electron chi connectivity index (χ2n) is 18.6. The van der Waals surface area contributed by atoms with Crippen LogP contribution in [0.4, 0.5) is 0 Å². The van der Waals surface area contributed by atoms with Gasteiger partial charge in [-0.05, 0) is 145 Å². The van der Waals surface area contributed by atoms with Crippen molar-refractivity contribution in [3.63, 3.8) is 0 Å². The highest BCUT2D eigenvalue weighted by Gasteiger charge is 2.69. The first-order valence-corrected chi connectivity index (χ1v) is 19.1. The second-order valence-corrected chi connectivity index (χ2v) is 19.0. The summed E-state index contributed by atoms with van der Waals surface area (Å²) in [6, 6.07) is 7.86. The number of hydrogen-bond donors (Lipinski definition) is 2. The minimum atomic E-state index is -0.374. The quantitative estimate of drug-likeness (QED) is 0.309. The number of amides is 1. The Labute approximate surface area is 288 Å². The van der Waals surface area contributed by atoms with Gasteiger partial charge >= 0.3 is 0 Å². The van der Waals surface area contributed by atoms with Crippen LogP contribution < -0.4 is 5.32 Å². The Balaban J connectivity index is 1.23. The molecule has 4 nitrogen and oxygen atoms in total. The van der Waals surface area contributed by atoms with Crippen LogP contribution in [0.5, 0.6) is 0 Å². The Morgan fingerprint density at radius 1 is 0.894 bits per heavy atom. The summed E-state index contributed by atoms with van der Waals surface area (Å²) in [4.78, 5) is 28.0. The monoisotopic (exact) mass is 659 g/mol. The maximum atomic E-state index is 14.1. The van der Waals surface area contributed by atoms with Crippen molar-refractivity contribution in [2.24, 2.45) is 50.7 Å². The van der Waals surface area contributed by atoms with Crippen molar-refractivity contribution in [3.05, 3.63) is 57.6 Å². The van der Waals surface area contributed by atoms with Gasteiger partial charge in [0.05, 0.1) is 11.6 Å². The molecular formula is C42H58ClNO3. The molecule has 1 aromatic rings. The number of allylic oxidation sites excluding steroid dienone is 3. The van der Waals surface area contributed by atoms with E-state index in [1.54, 1.807) is 0 Å². The number of ketones is 1. The molecule has 0 saturated heterocycles. The minimum Gasteiger partial charge on any atom is -0.393 e. The number of rotatable bonds is 5. The van der Waals surface area contributed by atoms with Crippen molar-refractivity contribution in [1.82, 2.24) is 5.32 Å². The van der Waals surface area contributed by atoms with Gasteiger partial charge in [-0.25, -0.2) is 0 Å². The molecule has 1 amide bonds. The lowest BCUT2D eigenvalue weighted by Gasteiger charge is -2.72. The first-order chi connectivity index (χ1) is 21.9. The molecule has 0 aromatic heterocycles. The summed E-state index contributed by atoms with van der Waals surface area (Å²) in [5.41, 5.74) is 4.02. The molecule has 5 saturated carbocycles. The molecule has 0 heterocycles. The van der Waals surface area contributed by atoms with Crippen molar-refractivity contribution in [2.45, 2.75) is 138 Å². The van der Waals surface area contributed by atoms with E-state index in [4.69, 9.17) is 11.6 Å². The number of carbonyl (C=O) groups is 2. The van der Waals surface area contributed by atoms with Crippen LogP contribution in [-0.2, 0) is 15.1 Å². The molecule has 0 unspecified atom stereocenters. The molecule has 47 heavy (non-hydrogen) atoms. The SMILES string of the molecule is CC(=C[C@@]12CC[C@]3(C)[C@H](CC[C@@H]4[C@@]5(C)CC[C@H](O)C(C)(C)[C@@H]5CC[C@]43C)C1=C(C(C)C)C(=O)C2)C(=O)NC1(c2ccc(Cl)cc2)CC1. The van der Waals surface area contributed by atoms with Gasteiger partial charge in [-0.1, -0.05) is 78.3 Å². The van der Waals surface area contributed by atoms with E-state index >= 15 is 0 Å². The van der Waals surface area contributed by atoms with E-state index in [0.717, 1.165) is 61.7 Å². The van der Waals surface area contributed by atoms with Crippen molar-refractivity contribution >= 4 is 23.3 Å². The van der Waals surface area contributed by atoms with Crippen LogP contribution in [-0.4, -0.2) is 22.9 Å². The summed E-state index contributed by atoms with van der Waals surface area (Å²) in [6.45, 7) is 18.8. The summed E-state index contributed by atoms with van der Waals surface area (Å²) in [5, 5.41) is 15.2. The Hall–Kier alpha value is -1.91. The first-order valence-electron chi connectivity index (χ1n) is 18.7. The smallest absolute Gasteiger partial charge is 0.247 e. The van der Waals surface area contributed by atoms with Gasteiger partial charge in [-0.2, -0.15) is 0 Å². The van der Waals surface area contributed by atoms with Gasteiger partial charge in [0, 0.05) is 22.4 Å². The zero-order valence-electron chi connectivity index (χ0n) is 30.2. The highest BCUT2D eigenvalue weighted by molar-refractivity contribution is 6.30. The molecule has 6 aliphatic rings. The number of hydrogen-bond acceptors (Lipinski definition) is 3. The number of nitrogens with one attached hydrogen (secondary N) is 1. The summed E-state index contributed by atoms with van der Waals surface area (Å²) in [7, 11) is 0. The third kappa shape index (κ3) is 4.69. The predicted molar refractivity (Wildman–Crippen MR) is 190 cm³/mol. The average Bonchev–Trinajstić information content (AvgIpc) is 3.71. The molecule has 0 aliphatic heterocycles. The Morgan fingerprint density at radius 3 is 2.21 bits per heavy atom. The number of benzene rings is 1. The van der Waals surface area contributed by atoms with Crippen molar-refractivity contribution in [3.8, 4) is 0 Å². The predicted octanol–water partition coefficient (Wildman–Crippen LogP) is 9.73. The molecule has 5 fully saturated rings. The van der Waals surface area contributed by atoms with E-state index in [1.807, 2.05) is 31.2 Å². The number of Topliss-reactive ketones (excluding diaryl/α,β-unsaturated/α-hetero) is 1. The number of fused-ring (bicyclic) bond motifs is 7. The lowest BCUT2D eigenvalue weighted by Crippen LogP contribution is -2.65. The largest absolute Gasteiger partial charge is 0.393 e. The lowest BCUT2D eigenvalue weighted by molar-refractivity contribution is -0.227. The van der Waals surface area contributed by atoms with Crippen LogP contribution in [0, 0.1) is 50.7 Å². The van der Waals surface area contributed by atoms with Gasteiger partial charge in [0.15, 0.2) is 5.78 Å². The molecule has 0 bridgehead atoms. The van der Waals surface area contributed by atoms with Crippen LogP contribution in [0.3, 0.4) is 0 Å². The van der Waals surface area contributed by atoms with E-state index in [2.05, 4.69) is 59.9 Å². The van der Waals surface area contributed by atoms with E-state index in [1.165, 1.54) is 24.8 Å². The first kappa shape index (κ1) is 33.6. The molecule has 0 radical (unpaired) electrons. The van der Waals surface area contributed by atoms with Gasteiger partial charge in [0.25, 0.3) is 0 Å². The highest BCUT2D eigenvalue weighted by atomic mass is 35.5. The number of halogens is 1. The van der Waals surface area contributed by atoms with Crippen LogP contribution in [0.25, 0.3) is 0 Å². The van der Waals surface area contributed by atoms with E-state index in [-0.39, 0.29) is 50.5 Å². The molecule has 0 spiro atoms. The van der Waals surface area contributed by atoms with Gasteiger partial charge < -0.3 is 10.4 Å². The van der Waals surface area contributed by atoms with Crippen molar-refractivity contribution in [1.29, 1.82) is 0 Å². The molecule has 5 heteroatoms. The number of carbonyl (C=O) groups excluding carboxylic acids is 2. The summed E-state index contributed by atoms with van der Waals surface area (Å²) in [6.07, 6.45) is 13.1. The summed E-state index contributed by atoms with van der Waals surface area (Å²) >= 11 is 6.16. The molecule has 256 valence electrons. The maximum Gasteiger partial charge on any atom is 0.247 e. The fourth-order valence-corrected chi connectivity index (χ4v) is 13.1. The van der Waals surface area contributed by atoms with Gasteiger partial charge in [-0.3, -0.25) is 9.59 Å². The standard InChI is InChI=1S/C42H58ClNO3/c1-25(2)34-30(45)24-41(23-26(3)36(47)44-42(21-22-42)27-9-11-28(43)12-10-27)20-19-39(7)29(35(34)41)13-14-32-38(6)17-16-33(46)37(4,5)31(38)15-18-40(32,39)8/h9-12,23,25,29,31-33,46H,13-22,24H2,1-8H3,(H,44,47)/t29-,31+,32-,33+,38+,39-,40-,41-/m1/s1. The van der Waals surface area contributed by atoms with Crippen molar-refractivity contribution in [2.75, 3.05) is 0 Å². The van der Waals surface area contributed by atoms with Gasteiger partial charge in [0.1, 0.15) is 0 Å². The average molecular weight is 660 g/mol. The number of aliphatic hydroxyl groups excluding tert-OH is 1. The van der Waals surface area contributed by atoms with E-state index in [9.17, 15) is 14.7 Å². The molecule has 7 rings (SSSR count). The van der Waals surface area contributed by atoms with Crippen LogP contribution in [0.2, 0.25) is 5.02 Å². The van der Waals surface area contributed by atoms with E-state index in [0.29, 0.717) is 35.0 Å². The topological polar surface area (TPSA) is 66.4 Å². The third-order valence-electron chi connectivity index (χ3n) is 15.8. The van der Waals surface area contributed by atoms with Crippen LogP contribution in [0.1, 0.15) is 132 Å². The Bertz CT molecular complexity index is 1550. The molecule has 1 aromatic carbocycles. The van der Waals surface area contributed by atoms with E-state index < -0.39 is 0 Å². The second kappa shape index (κ2) is 10.8. The molecule has 8 atom stereocenters. The third-order valence-corrected chi connectivity index (χ3v) is 16.1. The van der Waals surface area contributed by atoms with Crippen LogP contribution in [0.15, 0.2) is 47.1 Å². The summed E-state index contributed by atoms with van der Waals surface area (Å²) in [5.74, 6) is 1.94. The number of aliphatic hydroxyl groups is 1. The molecule has 6 aliphatic carbocycles. The van der Waals surface area contributed by atoms with Gasteiger partial charge in [0.2, 0.25) is 5.91 Å². The zero-order chi connectivity index (χ0) is 33.9. The molecular weight excluding hydrogens is 602 g/mol. The normalized spacial score (nSPS) is 41.9.